The summed E-state index contributed by atoms with van der Waals surface area (Å²) < 4.78 is 47.2. The Morgan fingerprint density at radius 2 is 2.19 bits per heavy atom. The molecule has 0 spiro atoms. The maximum absolute atomic E-state index is 11.7. The molecule has 0 aromatic carbocycles. The van der Waals surface area contributed by atoms with Crippen molar-refractivity contribution >= 4 is 25.8 Å². The van der Waals surface area contributed by atoms with E-state index in [-0.39, 0.29) is 17.2 Å². The molecule has 0 aliphatic heterocycles. The van der Waals surface area contributed by atoms with Crippen molar-refractivity contribution in [2.24, 2.45) is 0 Å². The minimum atomic E-state index is -3.61. The summed E-state index contributed by atoms with van der Waals surface area (Å²) in [5.74, 6) is -0.384. The van der Waals surface area contributed by atoms with Gasteiger partial charge in [0.1, 0.15) is 0 Å². The van der Waals surface area contributed by atoms with Crippen LogP contribution in [0.2, 0.25) is 0 Å². The zero-order chi connectivity index (χ0) is 12.3. The number of nitrogens with one attached hydrogen (secondary N) is 1. The summed E-state index contributed by atoms with van der Waals surface area (Å²) in [5, 5.41) is 6.00. The zero-order valence-corrected chi connectivity index (χ0v) is 10.7. The molecule has 0 aliphatic rings. The van der Waals surface area contributed by atoms with Gasteiger partial charge in [0.15, 0.2) is 14.9 Å². The molecule has 16 heavy (non-hydrogen) atoms. The molecule has 1 aromatic rings. The first-order chi connectivity index (χ1) is 7.34. The summed E-state index contributed by atoms with van der Waals surface area (Å²) in [6.07, 6.45) is -1.53. The zero-order valence-electron chi connectivity index (χ0n) is 8.30. The lowest BCUT2D eigenvalue weighted by atomic mass is 10.5. The number of aromatic amines is 1. The maximum atomic E-state index is 11.7. The normalized spacial score (nSPS) is 11.5. The number of hydrogen-bond acceptors (Lipinski definition) is 3. The summed E-state index contributed by atoms with van der Waals surface area (Å²) >= 11 is 3.07. The van der Waals surface area contributed by atoms with Crippen molar-refractivity contribution in [3.05, 3.63) is 22.3 Å². The van der Waals surface area contributed by atoms with E-state index in [2.05, 4.69) is 26.1 Å². The lowest BCUT2D eigenvalue weighted by Crippen LogP contribution is -2.07. The summed E-state index contributed by atoms with van der Waals surface area (Å²) in [5.41, 5.74) is 0.505. The first kappa shape index (κ1) is 13.3. The van der Waals surface area contributed by atoms with Gasteiger partial charge < -0.3 is 0 Å². The third-order valence-electron chi connectivity index (χ3n) is 1.84. The van der Waals surface area contributed by atoms with E-state index in [1.165, 1.54) is 0 Å². The molecular formula is C8H9BrF2N2O2S. The Bertz CT molecular complexity index is 506. The van der Waals surface area contributed by atoms with Gasteiger partial charge in [-0.3, -0.25) is 5.10 Å². The molecule has 0 radical (unpaired) electrons. The topological polar surface area (TPSA) is 62.8 Å². The van der Waals surface area contributed by atoms with Crippen molar-refractivity contribution in [1.29, 1.82) is 0 Å². The van der Waals surface area contributed by atoms with E-state index in [1.807, 2.05) is 0 Å². The van der Waals surface area contributed by atoms with E-state index in [4.69, 9.17) is 0 Å². The van der Waals surface area contributed by atoms with E-state index in [0.29, 0.717) is 16.2 Å². The monoisotopic (exact) mass is 314 g/mol. The van der Waals surface area contributed by atoms with Gasteiger partial charge in [-0.1, -0.05) is 0 Å². The molecule has 0 saturated carbocycles. The molecule has 4 nitrogen and oxygen atoms in total. The van der Waals surface area contributed by atoms with Crippen LogP contribution in [0.15, 0.2) is 21.7 Å². The molecular weight excluding hydrogens is 306 g/mol. The molecule has 90 valence electrons. The lowest BCUT2D eigenvalue weighted by Gasteiger charge is -1.99. The molecule has 1 N–H and O–H groups in total. The highest BCUT2D eigenvalue weighted by Gasteiger charge is 2.21. The Morgan fingerprint density at radius 3 is 2.62 bits per heavy atom. The van der Waals surface area contributed by atoms with Crippen molar-refractivity contribution in [2.45, 2.75) is 18.4 Å². The number of halogens is 3. The van der Waals surface area contributed by atoms with Crippen LogP contribution in [0, 0.1) is 6.92 Å². The van der Waals surface area contributed by atoms with Gasteiger partial charge in [0.2, 0.25) is 0 Å². The number of sulfone groups is 1. The molecule has 0 bridgehead atoms. The Balaban J connectivity index is 2.87. The van der Waals surface area contributed by atoms with Gasteiger partial charge in [0.05, 0.1) is 15.9 Å². The molecule has 0 amide bonds. The predicted molar refractivity (Wildman–Crippen MR) is 58.0 cm³/mol. The predicted octanol–water partition coefficient (Wildman–Crippen LogP) is 2.42. The van der Waals surface area contributed by atoms with Crippen molar-refractivity contribution < 1.29 is 17.2 Å². The molecule has 0 atom stereocenters. The minimum Gasteiger partial charge on any atom is -0.266 e. The number of aromatic nitrogens is 2. The van der Waals surface area contributed by atoms with Gasteiger partial charge in [0.25, 0.3) is 6.08 Å². The van der Waals surface area contributed by atoms with Gasteiger partial charge in [0, 0.05) is 0 Å². The molecule has 0 fully saturated rings. The molecule has 8 heteroatoms. The highest BCUT2D eigenvalue weighted by Crippen LogP contribution is 2.23. The second-order valence-corrected chi connectivity index (χ2v) is 5.89. The Kier molecular flexibility index (Phi) is 4.20. The van der Waals surface area contributed by atoms with Crippen molar-refractivity contribution in [2.75, 3.05) is 5.75 Å². The van der Waals surface area contributed by atoms with Crippen LogP contribution in [0.4, 0.5) is 8.78 Å². The molecule has 1 heterocycles. The van der Waals surface area contributed by atoms with Gasteiger partial charge in [-0.15, -0.1) is 0 Å². The van der Waals surface area contributed by atoms with Gasteiger partial charge in [-0.2, -0.15) is 13.9 Å². The van der Waals surface area contributed by atoms with E-state index < -0.39 is 15.9 Å². The van der Waals surface area contributed by atoms with Crippen molar-refractivity contribution in [3.8, 4) is 0 Å². The largest absolute Gasteiger partial charge is 0.266 e. The summed E-state index contributed by atoms with van der Waals surface area (Å²) in [7, 11) is -3.61. The molecule has 0 aliphatic carbocycles. The lowest BCUT2D eigenvalue weighted by molar-refractivity contribution is 0.418. The van der Waals surface area contributed by atoms with E-state index >= 15 is 0 Å². The van der Waals surface area contributed by atoms with Crippen LogP contribution in [-0.2, 0) is 9.84 Å². The Labute approximate surface area is 99.8 Å². The van der Waals surface area contributed by atoms with Crippen LogP contribution < -0.4 is 0 Å². The van der Waals surface area contributed by atoms with Crippen LogP contribution in [0.5, 0.6) is 0 Å². The second-order valence-electron chi connectivity index (χ2n) is 3.05. The van der Waals surface area contributed by atoms with Crippen LogP contribution >= 0.6 is 15.9 Å². The van der Waals surface area contributed by atoms with Crippen molar-refractivity contribution in [1.82, 2.24) is 10.2 Å². The Morgan fingerprint density at radius 1 is 1.56 bits per heavy atom. The fourth-order valence-electron chi connectivity index (χ4n) is 1.03. The summed E-state index contributed by atoms with van der Waals surface area (Å²) in [6.45, 7) is 1.63. The second kappa shape index (κ2) is 5.05. The van der Waals surface area contributed by atoms with E-state index in [1.54, 1.807) is 6.92 Å². The molecule has 1 aromatic heterocycles. The highest BCUT2D eigenvalue weighted by molar-refractivity contribution is 9.10. The quantitative estimate of drug-likeness (QED) is 0.928. The number of rotatable bonds is 4. The summed E-state index contributed by atoms with van der Waals surface area (Å²) in [6, 6.07) is 0. The van der Waals surface area contributed by atoms with Crippen LogP contribution in [0.3, 0.4) is 0 Å². The minimum absolute atomic E-state index is 0.0716. The van der Waals surface area contributed by atoms with Gasteiger partial charge >= 0.3 is 0 Å². The fourth-order valence-corrected chi connectivity index (χ4v) is 3.18. The van der Waals surface area contributed by atoms with E-state index in [0.717, 1.165) is 0 Å². The van der Waals surface area contributed by atoms with Crippen LogP contribution in [0.1, 0.15) is 12.1 Å². The standard InChI is InChI=1S/C8H9BrF2N2O2S/c1-5-7(9)8(13-12-5)16(14,15)4-2-3-6(10)11/h3H,2,4H2,1H3,(H,12,13). The number of nitrogens with zero attached hydrogens (tertiary/aromatic N) is 1. The highest BCUT2D eigenvalue weighted by atomic mass is 79.9. The first-order valence-corrected chi connectivity index (χ1v) is 6.73. The maximum Gasteiger partial charge on any atom is 0.266 e. The number of H-pyrrole nitrogens is 1. The Hall–Kier alpha value is -0.760. The fraction of sp³-hybridized carbons (Fsp3) is 0.375. The summed E-state index contributed by atoms with van der Waals surface area (Å²) in [4.78, 5) is 0. The molecule has 0 unspecified atom stereocenters. The van der Waals surface area contributed by atoms with Gasteiger partial charge in [-0.25, -0.2) is 8.42 Å². The van der Waals surface area contributed by atoms with E-state index in [9.17, 15) is 17.2 Å². The average molecular weight is 315 g/mol. The third kappa shape index (κ3) is 3.11. The number of hydrogen-bond donors (Lipinski definition) is 1. The average Bonchev–Trinajstić information content (AvgIpc) is 2.47. The molecule has 1 rings (SSSR count). The SMILES string of the molecule is Cc1n[nH]c(S(=O)(=O)CCC=C(F)F)c1Br. The number of aryl methyl sites for hydroxylation is 1. The first-order valence-electron chi connectivity index (χ1n) is 4.29. The number of allylic oxidation sites excluding steroid dienone is 1. The van der Waals surface area contributed by atoms with Crippen LogP contribution in [0.25, 0.3) is 0 Å². The van der Waals surface area contributed by atoms with Gasteiger partial charge in [-0.05, 0) is 35.4 Å². The smallest absolute Gasteiger partial charge is 0.266 e. The third-order valence-corrected chi connectivity index (χ3v) is 4.76. The van der Waals surface area contributed by atoms with Crippen LogP contribution in [-0.4, -0.2) is 24.4 Å². The molecule has 0 saturated heterocycles. The van der Waals surface area contributed by atoms with Crippen molar-refractivity contribution in [3.63, 3.8) is 0 Å².